The van der Waals surface area contributed by atoms with Gasteiger partial charge in [0.2, 0.25) is 11.8 Å². The number of hydrogen-bond acceptors (Lipinski definition) is 3. The molecule has 0 spiro atoms. The molecule has 92 valence electrons. The quantitative estimate of drug-likeness (QED) is 0.693. The first-order valence-electron chi connectivity index (χ1n) is 5.72. The van der Waals surface area contributed by atoms with Crippen molar-refractivity contribution >= 4 is 11.8 Å². The summed E-state index contributed by atoms with van der Waals surface area (Å²) >= 11 is 0. The fourth-order valence-electron chi connectivity index (χ4n) is 2.38. The average molecular weight is 227 g/mol. The Labute approximate surface area is 96.1 Å². The summed E-state index contributed by atoms with van der Waals surface area (Å²) in [4.78, 5) is 24.4. The van der Waals surface area contributed by atoms with E-state index < -0.39 is 11.9 Å². The monoisotopic (exact) mass is 227 g/mol. The Bertz CT molecular complexity index is 270. The van der Waals surface area contributed by atoms with Crippen LogP contribution >= 0.6 is 0 Å². The molecule has 5 nitrogen and oxygen atoms in total. The van der Waals surface area contributed by atoms with Crippen molar-refractivity contribution in [2.75, 3.05) is 13.1 Å². The lowest BCUT2D eigenvalue weighted by molar-refractivity contribution is -0.137. The van der Waals surface area contributed by atoms with Crippen LogP contribution in [0.1, 0.15) is 26.7 Å². The van der Waals surface area contributed by atoms with Gasteiger partial charge in [0, 0.05) is 13.1 Å². The molecule has 0 bridgehead atoms. The SMILES string of the molecule is CC1CC(C)CN(C(=O)C(N)CC(N)=O)C1. The zero-order chi connectivity index (χ0) is 12.3. The summed E-state index contributed by atoms with van der Waals surface area (Å²) in [6.07, 6.45) is 1.06. The fraction of sp³-hybridized carbons (Fsp3) is 0.818. The van der Waals surface area contributed by atoms with E-state index in [-0.39, 0.29) is 12.3 Å². The van der Waals surface area contributed by atoms with Crippen molar-refractivity contribution in [3.63, 3.8) is 0 Å². The van der Waals surface area contributed by atoms with E-state index in [1.807, 2.05) is 0 Å². The van der Waals surface area contributed by atoms with Gasteiger partial charge in [-0.3, -0.25) is 9.59 Å². The smallest absolute Gasteiger partial charge is 0.240 e. The van der Waals surface area contributed by atoms with E-state index >= 15 is 0 Å². The van der Waals surface area contributed by atoms with Crippen LogP contribution < -0.4 is 11.5 Å². The highest BCUT2D eigenvalue weighted by Crippen LogP contribution is 2.21. The van der Waals surface area contributed by atoms with Crippen LogP contribution in [0.15, 0.2) is 0 Å². The van der Waals surface area contributed by atoms with Crippen molar-refractivity contribution in [2.45, 2.75) is 32.7 Å². The molecule has 3 unspecified atom stereocenters. The van der Waals surface area contributed by atoms with E-state index in [0.717, 1.165) is 19.5 Å². The Morgan fingerprint density at radius 3 is 2.25 bits per heavy atom. The Morgan fingerprint density at radius 2 is 1.81 bits per heavy atom. The van der Waals surface area contributed by atoms with Gasteiger partial charge >= 0.3 is 0 Å². The average Bonchev–Trinajstić information content (AvgIpc) is 2.13. The first-order chi connectivity index (χ1) is 7.40. The second kappa shape index (κ2) is 5.30. The number of likely N-dealkylation sites (tertiary alicyclic amines) is 1. The van der Waals surface area contributed by atoms with E-state index in [1.165, 1.54) is 0 Å². The number of nitrogens with two attached hydrogens (primary N) is 2. The van der Waals surface area contributed by atoms with Gasteiger partial charge in [-0.1, -0.05) is 13.8 Å². The molecule has 0 saturated carbocycles. The van der Waals surface area contributed by atoms with Gasteiger partial charge in [0.05, 0.1) is 12.5 Å². The molecular formula is C11H21N3O2. The van der Waals surface area contributed by atoms with Gasteiger partial charge in [0.25, 0.3) is 0 Å². The molecule has 5 heteroatoms. The number of carbonyl (C=O) groups excluding carboxylic acids is 2. The van der Waals surface area contributed by atoms with E-state index in [9.17, 15) is 9.59 Å². The Balaban J connectivity index is 2.55. The van der Waals surface area contributed by atoms with Gasteiger partial charge in [-0.05, 0) is 18.3 Å². The highest BCUT2D eigenvalue weighted by molar-refractivity contribution is 5.87. The Hall–Kier alpha value is -1.10. The van der Waals surface area contributed by atoms with E-state index in [4.69, 9.17) is 11.5 Å². The highest BCUT2D eigenvalue weighted by Gasteiger charge is 2.28. The van der Waals surface area contributed by atoms with Gasteiger partial charge in [-0.15, -0.1) is 0 Å². The molecule has 0 radical (unpaired) electrons. The summed E-state index contributed by atoms with van der Waals surface area (Å²) in [6, 6.07) is -0.782. The molecule has 0 aliphatic carbocycles. The molecular weight excluding hydrogens is 206 g/mol. The summed E-state index contributed by atoms with van der Waals surface area (Å²) in [5, 5.41) is 0. The minimum atomic E-state index is -0.782. The Morgan fingerprint density at radius 1 is 1.31 bits per heavy atom. The lowest BCUT2D eigenvalue weighted by Crippen LogP contribution is -2.50. The molecule has 0 aromatic rings. The number of carbonyl (C=O) groups is 2. The van der Waals surface area contributed by atoms with Crippen LogP contribution in [0.4, 0.5) is 0 Å². The zero-order valence-electron chi connectivity index (χ0n) is 9.98. The van der Waals surface area contributed by atoms with Crippen LogP contribution in [0.3, 0.4) is 0 Å². The van der Waals surface area contributed by atoms with Crippen LogP contribution in [0.2, 0.25) is 0 Å². The maximum Gasteiger partial charge on any atom is 0.240 e. The summed E-state index contributed by atoms with van der Waals surface area (Å²) in [6.45, 7) is 5.70. The van der Waals surface area contributed by atoms with Gasteiger partial charge in [-0.2, -0.15) is 0 Å². The van der Waals surface area contributed by atoms with Crippen LogP contribution in [-0.4, -0.2) is 35.8 Å². The number of nitrogens with zero attached hydrogens (tertiary/aromatic N) is 1. The third-order valence-corrected chi connectivity index (χ3v) is 2.92. The molecule has 1 rings (SSSR count). The maximum atomic E-state index is 11.9. The molecule has 3 atom stereocenters. The largest absolute Gasteiger partial charge is 0.370 e. The second-order valence-corrected chi connectivity index (χ2v) is 4.97. The van der Waals surface area contributed by atoms with Crippen molar-refractivity contribution in [1.82, 2.24) is 4.90 Å². The third kappa shape index (κ3) is 3.48. The molecule has 1 saturated heterocycles. The first-order valence-corrected chi connectivity index (χ1v) is 5.72. The van der Waals surface area contributed by atoms with Crippen molar-refractivity contribution in [3.05, 3.63) is 0 Å². The van der Waals surface area contributed by atoms with Gasteiger partial charge in [0.15, 0.2) is 0 Å². The van der Waals surface area contributed by atoms with E-state index in [1.54, 1.807) is 4.90 Å². The predicted octanol–water partition coefficient (Wildman–Crippen LogP) is -0.306. The van der Waals surface area contributed by atoms with Crippen LogP contribution in [-0.2, 0) is 9.59 Å². The molecule has 1 aliphatic heterocycles. The van der Waals surface area contributed by atoms with Gasteiger partial charge < -0.3 is 16.4 Å². The first kappa shape index (κ1) is 13.0. The highest BCUT2D eigenvalue weighted by atomic mass is 16.2. The van der Waals surface area contributed by atoms with Crippen molar-refractivity contribution < 1.29 is 9.59 Å². The molecule has 4 N–H and O–H groups in total. The summed E-state index contributed by atoms with van der Waals surface area (Å²) < 4.78 is 0. The Kier molecular flexibility index (Phi) is 4.29. The normalized spacial score (nSPS) is 27.6. The number of hydrogen-bond donors (Lipinski definition) is 2. The van der Waals surface area contributed by atoms with Crippen LogP contribution in [0.5, 0.6) is 0 Å². The second-order valence-electron chi connectivity index (χ2n) is 4.97. The standard InChI is InChI=1S/C11H21N3O2/c1-7-3-8(2)6-14(5-7)11(16)9(12)4-10(13)15/h7-9H,3-6,12H2,1-2H3,(H2,13,15). The van der Waals surface area contributed by atoms with E-state index in [0.29, 0.717) is 11.8 Å². The van der Waals surface area contributed by atoms with Crippen molar-refractivity contribution in [2.24, 2.45) is 23.3 Å². The summed E-state index contributed by atoms with van der Waals surface area (Å²) in [5.74, 6) is 0.304. The molecule has 0 aromatic heterocycles. The molecule has 1 fully saturated rings. The lowest BCUT2D eigenvalue weighted by atomic mass is 9.91. The minimum absolute atomic E-state index is 0.0713. The molecule has 2 amide bonds. The topological polar surface area (TPSA) is 89.4 Å². The van der Waals surface area contributed by atoms with Crippen LogP contribution in [0.25, 0.3) is 0 Å². The van der Waals surface area contributed by atoms with Gasteiger partial charge in [-0.25, -0.2) is 0 Å². The maximum absolute atomic E-state index is 11.9. The van der Waals surface area contributed by atoms with Crippen molar-refractivity contribution in [1.29, 1.82) is 0 Å². The van der Waals surface area contributed by atoms with Crippen LogP contribution in [0, 0.1) is 11.8 Å². The zero-order valence-corrected chi connectivity index (χ0v) is 9.98. The third-order valence-electron chi connectivity index (χ3n) is 2.92. The molecule has 1 aliphatic rings. The number of primary amides is 1. The summed E-state index contributed by atoms with van der Waals surface area (Å²) in [7, 11) is 0. The lowest BCUT2D eigenvalue weighted by Gasteiger charge is -2.36. The van der Waals surface area contributed by atoms with Crippen molar-refractivity contribution in [3.8, 4) is 0 Å². The number of piperidine rings is 1. The molecule has 0 aromatic carbocycles. The minimum Gasteiger partial charge on any atom is -0.370 e. The molecule has 1 heterocycles. The summed E-state index contributed by atoms with van der Waals surface area (Å²) in [5.41, 5.74) is 10.7. The number of amides is 2. The number of rotatable bonds is 3. The predicted molar refractivity (Wildman–Crippen MR) is 61.3 cm³/mol. The molecule has 16 heavy (non-hydrogen) atoms. The van der Waals surface area contributed by atoms with Gasteiger partial charge in [0.1, 0.15) is 0 Å². The fourth-order valence-corrected chi connectivity index (χ4v) is 2.38. The van der Waals surface area contributed by atoms with E-state index in [2.05, 4.69) is 13.8 Å².